The van der Waals surface area contributed by atoms with Crippen molar-refractivity contribution in [3.05, 3.63) is 11.6 Å². The quantitative estimate of drug-likeness (QED) is 0.414. The number of fused-ring (bicyclic) bond motifs is 7. The van der Waals surface area contributed by atoms with Crippen LogP contribution in [0.3, 0.4) is 0 Å². The van der Waals surface area contributed by atoms with E-state index in [1.54, 1.807) is 0 Å². The van der Waals surface area contributed by atoms with E-state index in [0.717, 1.165) is 44.9 Å². The summed E-state index contributed by atoms with van der Waals surface area (Å²) in [5, 5.41) is 21.4. The molecule has 4 saturated carbocycles. The molecule has 5 aliphatic carbocycles. The third-order valence-electron chi connectivity index (χ3n) is 13.4. The van der Waals surface area contributed by atoms with E-state index in [1.807, 2.05) is 0 Å². The Kier molecular flexibility index (Phi) is 5.15. The third kappa shape index (κ3) is 2.75. The molecule has 0 amide bonds. The standard InChI is InChI=1S/C30H48O3/c1-18-10-15-30(25(32)33)17-16-28(6)20(24(30)19(18)2)8-9-22-27(5)13-12-23(31)26(3,4)21(27)11-14-29(22,28)7/h8,18-19,21-24,31H,9-17H2,1-7H3,(H,32,33)/t18-,19+,21+,22-,23+,24-,27-,28-,29-,30+/m1/s1. The Morgan fingerprint density at radius 1 is 0.909 bits per heavy atom. The summed E-state index contributed by atoms with van der Waals surface area (Å²) in [4.78, 5) is 12.8. The Morgan fingerprint density at radius 3 is 2.27 bits per heavy atom. The van der Waals surface area contributed by atoms with Gasteiger partial charge in [-0.2, -0.15) is 0 Å². The molecule has 0 radical (unpaired) electrons. The number of hydrogen-bond donors (Lipinski definition) is 2. The lowest BCUT2D eigenvalue weighted by molar-refractivity contribution is -0.206. The summed E-state index contributed by atoms with van der Waals surface area (Å²) in [5.74, 6) is 1.82. The highest BCUT2D eigenvalue weighted by molar-refractivity contribution is 5.76. The minimum atomic E-state index is -0.557. The Labute approximate surface area is 201 Å². The second-order valence-electron chi connectivity index (χ2n) is 14.5. The minimum absolute atomic E-state index is 0.0302. The van der Waals surface area contributed by atoms with E-state index in [2.05, 4.69) is 54.5 Å². The molecule has 0 saturated heterocycles. The van der Waals surface area contributed by atoms with Crippen LogP contribution in [-0.4, -0.2) is 22.3 Å². The van der Waals surface area contributed by atoms with E-state index in [-0.39, 0.29) is 33.7 Å². The smallest absolute Gasteiger partial charge is 0.310 e. The van der Waals surface area contributed by atoms with Gasteiger partial charge >= 0.3 is 5.97 Å². The Balaban J connectivity index is 1.61. The van der Waals surface area contributed by atoms with Crippen LogP contribution in [0.2, 0.25) is 0 Å². The Bertz CT molecular complexity index is 874. The van der Waals surface area contributed by atoms with E-state index < -0.39 is 11.4 Å². The molecule has 186 valence electrons. The van der Waals surface area contributed by atoms with Gasteiger partial charge in [-0.1, -0.05) is 60.1 Å². The van der Waals surface area contributed by atoms with Crippen LogP contribution in [0.15, 0.2) is 11.6 Å². The average Bonchev–Trinajstić information content (AvgIpc) is 2.74. The van der Waals surface area contributed by atoms with Crippen LogP contribution in [0.4, 0.5) is 0 Å². The Hall–Kier alpha value is -0.830. The van der Waals surface area contributed by atoms with Crippen molar-refractivity contribution < 1.29 is 15.0 Å². The fourth-order valence-electron chi connectivity index (χ4n) is 10.8. The summed E-state index contributed by atoms with van der Waals surface area (Å²) in [6.45, 7) is 17.0. The fraction of sp³-hybridized carbons (Fsp3) is 0.900. The lowest BCUT2D eigenvalue weighted by Gasteiger charge is -2.71. The number of carbonyl (C=O) groups is 1. The summed E-state index contributed by atoms with van der Waals surface area (Å²) < 4.78 is 0. The van der Waals surface area contributed by atoms with Gasteiger partial charge in [-0.25, -0.2) is 0 Å². The van der Waals surface area contributed by atoms with Gasteiger partial charge in [-0.3, -0.25) is 4.79 Å². The molecule has 2 N–H and O–H groups in total. The second-order valence-corrected chi connectivity index (χ2v) is 14.5. The summed E-state index contributed by atoms with van der Waals surface area (Å²) in [6.07, 6.45) is 11.6. The molecule has 3 heteroatoms. The third-order valence-corrected chi connectivity index (χ3v) is 13.4. The topological polar surface area (TPSA) is 57.5 Å². The van der Waals surface area contributed by atoms with Crippen LogP contribution in [-0.2, 0) is 4.79 Å². The predicted molar refractivity (Wildman–Crippen MR) is 133 cm³/mol. The summed E-state index contributed by atoms with van der Waals surface area (Å²) in [5.41, 5.74) is 1.46. The first-order chi connectivity index (χ1) is 15.3. The van der Waals surface area contributed by atoms with Crippen molar-refractivity contribution in [1.29, 1.82) is 0 Å². The molecular weight excluding hydrogens is 408 g/mol. The molecule has 0 spiro atoms. The number of carboxylic acid groups (broad SMARTS) is 1. The highest BCUT2D eigenvalue weighted by Gasteiger charge is 2.69. The molecule has 4 fully saturated rings. The van der Waals surface area contributed by atoms with Crippen molar-refractivity contribution in [3.63, 3.8) is 0 Å². The zero-order valence-corrected chi connectivity index (χ0v) is 22.2. The number of hydrogen-bond acceptors (Lipinski definition) is 2. The molecule has 0 unspecified atom stereocenters. The number of aliphatic carboxylic acids is 1. The van der Waals surface area contributed by atoms with Crippen LogP contribution >= 0.6 is 0 Å². The number of aliphatic hydroxyl groups is 1. The molecule has 5 aliphatic rings. The summed E-state index contributed by atoms with van der Waals surface area (Å²) in [7, 11) is 0. The van der Waals surface area contributed by atoms with Crippen molar-refractivity contribution >= 4 is 5.97 Å². The first-order valence-electron chi connectivity index (χ1n) is 13.9. The van der Waals surface area contributed by atoms with E-state index in [4.69, 9.17) is 0 Å². The zero-order valence-electron chi connectivity index (χ0n) is 22.2. The number of aliphatic hydroxyl groups excluding tert-OH is 1. The van der Waals surface area contributed by atoms with Gasteiger partial charge in [-0.15, -0.1) is 0 Å². The molecule has 0 aromatic heterocycles. The van der Waals surface area contributed by atoms with E-state index in [0.29, 0.717) is 23.7 Å². The van der Waals surface area contributed by atoms with Gasteiger partial charge in [0.15, 0.2) is 0 Å². The van der Waals surface area contributed by atoms with Crippen molar-refractivity contribution in [1.82, 2.24) is 0 Å². The van der Waals surface area contributed by atoms with Crippen molar-refractivity contribution in [3.8, 4) is 0 Å². The van der Waals surface area contributed by atoms with Crippen molar-refractivity contribution in [2.24, 2.45) is 56.7 Å². The molecule has 0 aromatic carbocycles. The minimum Gasteiger partial charge on any atom is -0.481 e. The molecule has 0 aliphatic heterocycles. The zero-order chi connectivity index (χ0) is 24.2. The molecule has 33 heavy (non-hydrogen) atoms. The first kappa shape index (κ1) is 23.9. The van der Waals surface area contributed by atoms with Gasteiger partial charge in [0.05, 0.1) is 11.5 Å². The van der Waals surface area contributed by atoms with Crippen molar-refractivity contribution in [2.75, 3.05) is 0 Å². The lowest BCUT2D eigenvalue weighted by Crippen LogP contribution is -2.65. The molecule has 0 bridgehead atoms. The van der Waals surface area contributed by atoms with Gasteiger partial charge in [0.1, 0.15) is 0 Å². The van der Waals surface area contributed by atoms with Gasteiger partial charge in [0, 0.05) is 0 Å². The van der Waals surface area contributed by atoms with Gasteiger partial charge in [0.2, 0.25) is 0 Å². The fourth-order valence-corrected chi connectivity index (χ4v) is 10.8. The van der Waals surface area contributed by atoms with Crippen LogP contribution < -0.4 is 0 Å². The van der Waals surface area contributed by atoms with Gasteiger partial charge in [0.25, 0.3) is 0 Å². The van der Waals surface area contributed by atoms with E-state index in [9.17, 15) is 15.0 Å². The average molecular weight is 457 g/mol. The van der Waals surface area contributed by atoms with E-state index in [1.165, 1.54) is 18.4 Å². The van der Waals surface area contributed by atoms with Crippen molar-refractivity contribution in [2.45, 2.75) is 112 Å². The molecule has 3 nitrogen and oxygen atoms in total. The van der Waals surface area contributed by atoms with Gasteiger partial charge in [-0.05, 0) is 109 Å². The number of allylic oxidation sites excluding steroid dienone is 2. The van der Waals surface area contributed by atoms with Crippen LogP contribution in [0.25, 0.3) is 0 Å². The van der Waals surface area contributed by atoms with Crippen LogP contribution in [0, 0.1) is 56.7 Å². The lowest BCUT2D eigenvalue weighted by atomic mass is 9.33. The first-order valence-corrected chi connectivity index (χ1v) is 13.9. The molecule has 0 heterocycles. The molecule has 5 rings (SSSR count). The van der Waals surface area contributed by atoms with Crippen LogP contribution in [0.5, 0.6) is 0 Å². The SMILES string of the molecule is C[C@H]1[C@H](C)CC[C@]2(C(=O)O)CC[C@]3(C)C(=CC[C@@H]4[C@]5(C)CC[C@H](O)C(C)(C)[C@@H]5CC[C@]43C)[C@@H]12. The van der Waals surface area contributed by atoms with Gasteiger partial charge < -0.3 is 10.2 Å². The maximum absolute atomic E-state index is 12.8. The normalized spacial score (nSPS) is 55.3. The summed E-state index contributed by atoms with van der Waals surface area (Å²) in [6, 6.07) is 0. The maximum atomic E-state index is 12.8. The monoisotopic (exact) mass is 456 g/mol. The van der Waals surface area contributed by atoms with E-state index >= 15 is 0 Å². The molecule has 0 aromatic rings. The molecular formula is C30H48O3. The number of rotatable bonds is 1. The highest BCUT2D eigenvalue weighted by Crippen LogP contribution is 2.75. The Morgan fingerprint density at radius 2 is 1.61 bits per heavy atom. The number of carboxylic acids is 1. The second kappa shape index (κ2) is 7.11. The summed E-state index contributed by atoms with van der Waals surface area (Å²) >= 11 is 0. The molecule has 10 atom stereocenters. The largest absolute Gasteiger partial charge is 0.481 e. The maximum Gasteiger partial charge on any atom is 0.310 e. The highest BCUT2D eigenvalue weighted by atomic mass is 16.4. The van der Waals surface area contributed by atoms with Crippen LogP contribution in [0.1, 0.15) is 106 Å². The predicted octanol–water partition coefficient (Wildman–Crippen LogP) is 7.09.